The molecule has 170 valence electrons. The van der Waals surface area contributed by atoms with Crippen molar-refractivity contribution in [2.75, 3.05) is 56.1 Å². The number of rotatable bonds is 6. The molecule has 0 bridgehead atoms. The fourth-order valence-corrected chi connectivity index (χ4v) is 4.02. The number of nitrogens with zero attached hydrogens (tertiary/aromatic N) is 4. The summed E-state index contributed by atoms with van der Waals surface area (Å²) in [5, 5.41) is 6.58. The van der Waals surface area contributed by atoms with E-state index >= 15 is 0 Å². The molecule has 1 aliphatic carbocycles. The monoisotopic (exact) mass is 441 g/mol. The molecular weight excluding hydrogens is 415 g/mol. The Bertz CT molecular complexity index is 838. The average molecular weight is 441 g/mol. The number of nitrogens with one attached hydrogen (secondary N) is 1. The second kappa shape index (κ2) is 8.91. The summed E-state index contributed by atoms with van der Waals surface area (Å²) in [5.41, 5.74) is 0.795. The van der Waals surface area contributed by atoms with Crippen LogP contribution < -0.4 is 15.1 Å². The fraction of sp³-hybridized carbons (Fsp3) is 0.600. The Kier molecular flexibility index (Phi) is 6.24. The van der Waals surface area contributed by atoms with Gasteiger partial charge in [-0.15, -0.1) is 0 Å². The van der Waals surface area contributed by atoms with Crippen molar-refractivity contribution in [2.24, 2.45) is 0 Å². The Hall–Kier alpha value is -2.53. The van der Waals surface area contributed by atoms with Crippen molar-refractivity contribution in [3.8, 4) is 0 Å². The zero-order valence-corrected chi connectivity index (χ0v) is 17.3. The minimum atomic E-state index is -3.13. The van der Waals surface area contributed by atoms with E-state index < -0.39 is 30.3 Å². The highest BCUT2D eigenvalue weighted by molar-refractivity contribution is 5.90. The third-order valence-corrected chi connectivity index (χ3v) is 5.86. The third-order valence-electron chi connectivity index (χ3n) is 5.86. The number of ether oxygens (including phenoxy) is 1. The molecule has 4 rings (SSSR count). The second-order valence-electron chi connectivity index (χ2n) is 8.06. The Morgan fingerprint density at radius 2 is 1.97 bits per heavy atom. The maximum absolute atomic E-state index is 15.0. The number of anilines is 2. The van der Waals surface area contributed by atoms with Gasteiger partial charge >= 0.3 is 12.5 Å². The summed E-state index contributed by atoms with van der Waals surface area (Å²) < 4.78 is 44.6. The first kappa shape index (κ1) is 21.7. The number of cyclic esters (lactones) is 1. The highest BCUT2D eigenvalue weighted by Crippen LogP contribution is 2.31. The van der Waals surface area contributed by atoms with Gasteiger partial charge in [0.15, 0.2) is 0 Å². The summed E-state index contributed by atoms with van der Waals surface area (Å²) in [6, 6.07) is 5.17. The van der Waals surface area contributed by atoms with E-state index in [0.29, 0.717) is 30.5 Å². The lowest BCUT2D eigenvalue weighted by Gasteiger charge is -2.29. The zero-order chi connectivity index (χ0) is 22.1. The van der Waals surface area contributed by atoms with Crippen molar-refractivity contribution in [1.82, 2.24) is 15.3 Å². The molecule has 1 atom stereocenters. The van der Waals surface area contributed by atoms with Crippen LogP contribution in [-0.4, -0.2) is 86.9 Å². The number of carbonyl (C=O) groups is 2. The summed E-state index contributed by atoms with van der Waals surface area (Å²) >= 11 is 0. The minimum Gasteiger partial charge on any atom is -0.442 e. The molecule has 3 fully saturated rings. The lowest BCUT2D eigenvalue weighted by molar-refractivity contribution is -0.132. The number of carbonyl (C=O) groups excluding carboxylic acids is 2. The molecular formula is C20H26F3N5O3. The van der Waals surface area contributed by atoms with Crippen molar-refractivity contribution in [1.29, 1.82) is 0 Å². The van der Waals surface area contributed by atoms with Crippen LogP contribution in [0.2, 0.25) is 0 Å². The van der Waals surface area contributed by atoms with E-state index in [0.717, 1.165) is 13.1 Å². The molecule has 0 aromatic heterocycles. The largest absolute Gasteiger partial charge is 0.442 e. The molecule has 1 unspecified atom stereocenters. The van der Waals surface area contributed by atoms with Crippen LogP contribution in [0.25, 0.3) is 0 Å². The first-order chi connectivity index (χ1) is 14.8. The van der Waals surface area contributed by atoms with Gasteiger partial charge in [0.1, 0.15) is 11.9 Å². The number of amides is 2. The van der Waals surface area contributed by atoms with E-state index in [4.69, 9.17) is 4.74 Å². The van der Waals surface area contributed by atoms with Crippen LogP contribution in [0, 0.1) is 5.82 Å². The summed E-state index contributed by atoms with van der Waals surface area (Å²) in [7, 11) is 2.06. The van der Waals surface area contributed by atoms with Gasteiger partial charge in [0, 0.05) is 39.3 Å². The third kappa shape index (κ3) is 4.87. The molecule has 11 heteroatoms. The van der Waals surface area contributed by atoms with Crippen LogP contribution >= 0.6 is 0 Å². The maximum atomic E-state index is 15.0. The van der Waals surface area contributed by atoms with Crippen LogP contribution in [0.3, 0.4) is 0 Å². The highest BCUT2D eigenvalue weighted by Gasteiger charge is 2.35. The van der Waals surface area contributed by atoms with Gasteiger partial charge in [-0.1, -0.05) is 0 Å². The predicted molar refractivity (Wildman–Crippen MR) is 108 cm³/mol. The first-order valence-electron chi connectivity index (χ1n) is 10.4. The average Bonchev–Trinajstić information content (AvgIpc) is 3.52. The van der Waals surface area contributed by atoms with Crippen molar-refractivity contribution in [2.45, 2.75) is 31.4 Å². The molecule has 2 aliphatic heterocycles. The van der Waals surface area contributed by atoms with Crippen molar-refractivity contribution in [3.63, 3.8) is 0 Å². The molecule has 3 aliphatic rings. The molecule has 1 saturated carbocycles. The summed E-state index contributed by atoms with van der Waals surface area (Å²) in [5.74, 6) is -1.87. The number of hydrogen-bond acceptors (Lipinski definition) is 6. The molecule has 0 radical (unpaired) electrons. The van der Waals surface area contributed by atoms with Gasteiger partial charge in [-0.05, 0) is 31.0 Å². The van der Waals surface area contributed by atoms with Gasteiger partial charge in [-0.25, -0.2) is 19.2 Å². The molecule has 8 nitrogen and oxygen atoms in total. The fourth-order valence-electron chi connectivity index (χ4n) is 4.02. The van der Waals surface area contributed by atoms with Crippen LogP contribution in [-0.2, 0) is 9.53 Å². The molecule has 1 aromatic rings. The number of benzene rings is 1. The standard InChI is InChI=1S/C20H26F3N5O3/c1-25-6-7-26(8-9-28(25)13-2-3-13)17-5-4-14(10-16(17)21)27-12-15(31-20(27)30)11-24-19(29)18(22)23/h4-5,10,13,15,18H,2-3,6-9,11-12H2,1H3,(H,24,29). The SMILES string of the molecule is CN1CCN(c2ccc(N3CC(CNC(=O)C(F)F)OC3=O)cc2F)CCN1C1CC1. The van der Waals surface area contributed by atoms with Crippen molar-refractivity contribution >= 4 is 23.4 Å². The van der Waals surface area contributed by atoms with E-state index in [2.05, 4.69) is 17.1 Å². The van der Waals surface area contributed by atoms with E-state index in [1.807, 2.05) is 10.2 Å². The van der Waals surface area contributed by atoms with Gasteiger partial charge in [0.05, 0.1) is 24.5 Å². The van der Waals surface area contributed by atoms with Crippen LogP contribution in [0.4, 0.5) is 29.3 Å². The quantitative estimate of drug-likeness (QED) is 0.725. The molecule has 0 spiro atoms. The van der Waals surface area contributed by atoms with E-state index in [1.165, 1.54) is 23.8 Å². The number of halogens is 3. The number of hydrazine groups is 1. The maximum Gasteiger partial charge on any atom is 0.414 e. The van der Waals surface area contributed by atoms with Gasteiger partial charge in [0.2, 0.25) is 0 Å². The van der Waals surface area contributed by atoms with Crippen LogP contribution in [0.15, 0.2) is 18.2 Å². The molecule has 2 saturated heterocycles. The molecule has 31 heavy (non-hydrogen) atoms. The minimum absolute atomic E-state index is 0.0337. The van der Waals surface area contributed by atoms with E-state index in [9.17, 15) is 22.8 Å². The summed E-state index contributed by atoms with van der Waals surface area (Å²) in [6.45, 7) is 2.81. The molecule has 2 heterocycles. The zero-order valence-electron chi connectivity index (χ0n) is 17.3. The van der Waals surface area contributed by atoms with E-state index in [-0.39, 0.29) is 13.1 Å². The van der Waals surface area contributed by atoms with Gasteiger partial charge in [0.25, 0.3) is 5.91 Å². The first-order valence-corrected chi connectivity index (χ1v) is 10.4. The van der Waals surface area contributed by atoms with Gasteiger partial charge in [-0.2, -0.15) is 8.78 Å². The Labute approximate surface area is 178 Å². The number of alkyl halides is 2. The lowest BCUT2D eigenvalue weighted by atomic mass is 10.2. The van der Waals surface area contributed by atoms with Gasteiger partial charge in [-0.3, -0.25) is 9.69 Å². The highest BCUT2D eigenvalue weighted by atomic mass is 19.3. The van der Waals surface area contributed by atoms with Gasteiger partial charge < -0.3 is 15.0 Å². The lowest BCUT2D eigenvalue weighted by Crippen LogP contribution is -2.42. The Balaban J connectivity index is 1.39. The topological polar surface area (TPSA) is 68.4 Å². The summed E-state index contributed by atoms with van der Waals surface area (Å²) in [6.07, 6.45) is -2.23. The Morgan fingerprint density at radius 1 is 1.23 bits per heavy atom. The smallest absolute Gasteiger partial charge is 0.414 e. The van der Waals surface area contributed by atoms with Crippen molar-refractivity contribution in [3.05, 3.63) is 24.0 Å². The number of likely N-dealkylation sites (N-methyl/N-ethyl adjacent to an activating group) is 1. The second-order valence-corrected chi connectivity index (χ2v) is 8.06. The normalized spacial score (nSPS) is 23.3. The predicted octanol–water partition coefficient (Wildman–Crippen LogP) is 1.66. The van der Waals surface area contributed by atoms with Crippen molar-refractivity contribution < 1.29 is 27.5 Å². The Morgan fingerprint density at radius 3 is 2.65 bits per heavy atom. The number of hydrogen-bond donors (Lipinski definition) is 1. The molecule has 1 aromatic carbocycles. The van der Waals surface area contributed by atoms with Crippen LogP contribution in [0.1, 0.15) is 12.8 Å². The summed E-state index contributed by atoms with van der Waals surface area (Å²) in [4.78, 5) is 26.4. The van der Waals surface area contributed by atoms with E-state index in [1.54, 1.807) is 12.1 Å². The molecule has 1 N–H and O–H groups in total. The molecule has 2 amide bonds. The van der Waals surface area contributed by atoms with Crippen LogP contribution in [0.5, 0.6) is 0 Å².